The number of nitrogens with zero attached hydrogens (tertiary/aromatic N) is 2. The topological polar surface area (TPSA) is 54.9 Å². The third-order valence-corrected chi connectivity index (χ3v) is 5.08. The van der Waals surface area contributed by atoms with E-state index in [1.807, 2.05) is 0 Å². The van der Waals surface area contributed by atoms with E-state index in [0.717, 1.165) is 17.3 Å². The van der Waals surface area contributed by atoms with E-state index >= 15 is 0 Å². The lowest BCUT2D eigenvalue weighted by Gasteiger charge is -2.20. The Hall–Kier alpha value is -0.970. The van der Waals surface area contributed by atoms with Gasteiger partial charge < -0.3 is 5.32 Å². The molecular weight excluding hydrogens is 270 g/mol. The number of anilines is 1. The third-order valence-electron chi connectivity index (χ3n) is 3.82. The van der Waals surface area contributed by atoms with Crippen LogP contribution >= 0.6 is 11.3 Å². The molecule has 1 heterocycles. The Morgan fingerprint density at radius 1 is 1.25 bits per heavy atom. The molecule has 4 nitrogen and oxygen atoms in total. The summed E-state index contributed by atoms with van der Waals surface area (Å²) in [5.41, 5.74) is -0.0112. The first-order chi connectivity index (χ1) is 9.45. The van der Waals surface area contributed by atoms with Crippen molar-refractivity contribution < 1.29 is 4.79 Å². The van der Waals surface area contributed by atoms with Crippen LogP contribution in [-0.4, -0.2) is 16.1 Å². The van der Waals surface area contributed by atoms with Crippen molar-refractivity contribution in [1.29, 1.82) is 0 Å². The fraction of sp³-hybridized carbons (Fsp3) is 0.800. The monoisotopic (exact) mass is 295 g/mol. The number of nitrogens with one attached hydrogen (secondary N) is 1. The van der Waals surface area contributed by atoms with E-state index in [1.54, 1.807) is 0 Å². The van der Waals surface area contributed by atoms with E-state index in [9.17, 15) is 4.79 Å². The lowest BCUT2D eigenvalue weighted by molar-refractivity contribution is -0.116. The largest absolute Gasteiger partial charge is 0.301 e. The molecule has 0 saturated heterocycles. The van der Waals surface area contributed by atoms with Gasteiger partial charge in [0.1, 0.15) is 5.01 Å². The summed E-state index contributed by atoms with van der Waals surface area (Å²) >= 11 is 1.48. The molecule has 1 aromatic heterocycles. The van der Waals surface area contributed by atoms with Gasteiger partial charge in [0.2, 0.25) is 11.0 Å². The van der Waals surface area contributed by atoms with Crippen LogP contribution in [0.2, 0.25) is 0 Å². The summed E-state index contributed by atoms with van der Waals surface area (Å²) in [4.78, 5) is 11.9. The van der Waals surface area contributed by atoms with Gasteiger partial charge in [-0.3, -0.25) is 4.79 Å². The second-order valence-electron chi connectivity index (χ2n) is 6.75. The first-order valence-electron chi connectivity index (χ1n) is 7.59. The van der Waals surface area contributed by atoms with Crippen LogP contribution in [0, 0.1) is 5.92 Å². The van der Waals surface area contributed by atoms with Crippen LogP contribution in [0.5, 0.6) is 0 Å². The minimum Gasteiger partial charge on any atom is -0.301 e. The summed E-state index contributed by atoms with van der Waals surface area (Å²) in [6.45, 7) is 6.30. The molecule has 1 aromatic rings. The summed E-state index contributed by atoms with van der Waals surface area (Å²) in [6, 6.07) is 0. The van der Waals surface area contributed by atoms with E-state index in [0.29, 0.717) is 11.6 Å². The van der Waals surface area contributed by atoms with E-state index in [-0.39, 0.29) is 11.3 Å². The van der Waals surface area contributed by atoms with Crippen molar-refractivity contribution in [1.82, 2.24) is 10.2 Å². The molecule has 1 aliphatic rings. The second-order valence-corrected chi connectivity index (χ2v) is 7.73. The summed E-state index contributed by atoms with van der Waals surface area (Å²) in [5.74, 6) is 0.821. The Bertz CT molecular complexity index is 444. The van der Waals surface area contributed by atoms with Crippen LogP contribution in [0.3, 0.4) is 0 Å². The van der Waals surface area contributed by atoms with Crippen molar-refractivity contribution in [3.8, 4) is 0 Å². The van der Waals surface area contributed by atoms with Crippen molar-refractivity contribution in [3.63, 3.8) is 0 Å². The van der Waals surface area contributed by atoms with E-state index < -0.39 is 0 Å². The molecule has 0 radical (unpaired) electrons. The molecule has 0 spiro atoms. The van der Waals surface area contributed by atoms with Gasteiger partial charge in [0.25, 0.3) is 0 Å². The molecule has 0 bridgehead atoms. The predicted molar refractivity (Wildman–Crippen MR) is 83.0 cm³/mol. The summed E-state index contributed by atoms with van der Waals surface area (Å²) < 4.78 is 0. The van der Waals surface area contributed by atoms with E-state index in [2.05, 4.69) is 36.3 Å². The lowest BCUT2D eigenvalue weighted by Crippen LogP contribution is -2.14. The van der Waals surface area contributed by atoms with Gasteiger partial charge in [-0.15, -0.1) is 10.2 Å². The van der Waals surface area contributed by atoms with Gasteiger partial charge in [-0.1, -0.05) is 64.2 Å². The highest BCUT2D eigenvalue weighted by Crippen LogP contribution is 2.29. The zero-order valence-electron chi connectivity index (χ0n) is 12.7. The maximum atomic E-state index is 11.9. The van der Waals surface area contributed by atoms with Crippen LogP contribution in [-0.2, 0) is 10.2 Å². The zero-order valence-corrected chi connectivity index (χ0v) is 13.6. The Morgan fingerprint density at radius 3 is 2.55 bits per heavy atom. The molecule has 20 heavy (non-hydrogen) atoms. The fourth-order valence-electron chi connectivity index (χ4n) is 2.57. The lowest BCUT2D eigenvalue weighted by atomic mass is 9.86. The summed E-state index contributed by atoms with van der Waals surface area (Å²) in [5, 5.41) is 12.7. The van der Waals surface area contributed by atoms with E-state index in [4.69, 9.17) is 0 Å². The Kier molecular flexibility index (Phi) is 5.13. The number of rotatable bonds is 4. The summed E-state index contributed by atoms with van der Waals surface area (Å²) in [7, 11) is 0. The Balaban J connectivity index is 1.77. The molecule has 0 aliphatic heterocycles. The molecule has 1 fully saturated rings. The number of amides is 1. The zero-order chi connectivity index (χ0) is 14.6. The molecule has 1 amide bonds. The highest BCUT2D eigenvalue weighted by molar-refractivity contribution is 7.15. The number of carbonyl (C=O) groups excluding carboxylic acids is 1. The third kappa shape index (κ3) is 4.54. The number of hydrogen-bond acceptors (Lipinski definition) is 4. The average Bonchev–Trinajstić information content (AvgIpc) is 2.86. The molecule has 0 aromatic carbocycles. The summed E-state index contributed by atoms with van der Waals surface area (Å²) in [6.07, 6.45) is 8.23. The molecule has 2 rings (SSSR count). The second kappa shape index (κ2) is 6.66. The van der Waals surface area contributed by atoms with Crippen molar-refractivity contribution in [2.75, 3.05) is 5.32 Å². The number of carbonyl (C=O) groups is 1. The molecule has 1 aliphatic carbocycles. The maximum Gasteiger partial charge on any atom is 0.226 e. The SMILES string of the molecule is CC(C)(C)c1nnc(NC(=O)CCC2CCCCC2)s1. The van der Waals surface area contributed by atoms with Crippen LogP contribution < -0.4 is 5.32 Å². The minimum absolute atomic E-state index is 0.0112. The predicted octanol–water partition coefficient (Wildman–Crippen LogP) is 4.13. The van der Waals surface area contributed by atoms with Gasteiger partial charge in [-0.25, -0.2) is 0 Å². The van der Waals surface area contributed by atoms with Gasteiger partial charge >= 0.3 is 0 Å². The van der Waals surface area contributed by atoms with Crippen molar-refractivity contribution in [3.05, 3.63) is 5.01 Å². The maximum absolute atomic E-state index is 11.9. The smallest absolute Gasteiger partial charge is 0.226 e. The minimum atomic E-state index is -0.0112. The first-order valence-corrected chi connectivity index (χ1v) is 8.40. The molecule has 1 N–H and O–H groups in total. The van der Waals surface area contributed by atoms with Gasteiger partial charge in [0.15, 0.2) is 0 Å². The molecule has 112 valence electrons. The normalized spacial score (nSPS) is 17.1. The van der Waals surface area contributed by atoms with Gasteiger partial charge in [0.05, 0.1) is 0 Å². The van der Waals surface area contributed by atoms with Gasteiger partial charge in [-0.05, 0) is 12.3 Å². The molecule has 0 unspecified atom stereocenters. The van der Waals surface area contributed by atoms with Crippen LogP contribution in [0.1, 0.15) is 70.7 Å². The van der Waals surface area contributed by atoms with Crippen LogP contribution in [0.25, 0.3) is 0 Å². The van der Waals surface area contributed by atoms with Crippen molar-refractivity contribution in [2.45, 2.75) is 71.1 Å². The van der Waals surface area contributed by atoms with E-state index in [1.165, 1.54) is 43.4 Å². The van der Waals surface area contributed by atoms with Gasteiger partial charge in [0, 0.05) is 11.8 Å². The first kappa shape index (κ1) is 15.4. The molecule has 0 atom stereocenters. The van der Waals surface area contributed by atoms with Crippen molar-refractivity contribution in [2.24, 2.45) is 5.92 Å². The highest BCUT2D eigenvalue weighted by atomic mass is 32.1. The van der Waals surface area contributed by atoms with Crippen molar-refractivity contribution >= 4 is 22.4 Å². The Morgan fingerprint density at radius 2 is 1.95 bits per heavy atom. The highest BCUT2D eigenvalue weighted by Gasteiger charge is 2.20. The number of hydrogen-bond donors (Lipinski definition) is 1. The van der Waals surface area contributed by atoms with Gasteiger partial charge in [-0.2, -0.15) is 0 Å². The van der Waals surface area contributed by atoms with Crippen LogP contribution in [0.15, 0.2) is 0 Å². The molecule has 5 heteroatoms. The van der Waals surface area contributed by atoms with Crippen LogP contribution in [0.4, 0.5) is 5.13 Å². The molecule has 1 saturated carbocycles. The quantitative estimate of drug-likeness (QED) is 0.908. The molecular formula is C15H25N3OS. The number of aromatic nitrogens is 2. The Labute approximate surface area is 125 Å². The average molecular weight is 295 g/mol. The standard InChI is InChI=1S/C15H25N3OS/c1-15(2,3)13-17-18-14(20-13)16-12(19)10-9-11-7-5-4-6-8-11/h11H,4-10H2,1-3H3,(H,16,18,19). The fourth-order valence-corrected chi connectivity index (χ4v) is 3.39.